The molecule has 1 aliphatic rings. The molecule has 1 saturated heterocycles. The first-order chi connectivity index (χ1) is 13.6. The predicted molar refractivity (Wildman–Crippen MR) is 105 cm³/mol. The quantitative estimate of drug-likeness (QED) is 0.686. The molecule has 3 heterocycles. The lowest BCUT2D eigenvalue weighted by Crippen LogP contribution is -2.47. The fourth-order valence-corrected chi connectivity index (χ4v) is 3.39. The second-order valence-electron chi connectivity index (χ2n) is 6.79. The van der Waals surface area contributed by atoms with Crippen molar-refractivity contribution in [3.8, 4) is 22.8 Å². The molecule has 146 valence electrons. The summed E-state index contributed by atoms with van der Waals surface area (Å²) in [5, 5.41) is 4.56. The zero-order chi connectivity index (χ0) is 19.7. The summed E-state index contributed by atoms with van der Waals surface area (Å²) in [6.45, 7) is 3.15. The number of aromatic nitrogens is 3. The van der Waals surface area contributed by atoms with Gasteiger partial charge in [0, 0.05) is 44.0 Å². The third kappa shape index (κ3) is 3.27. The van der Waals surface area contributed by atoms with Crippen molar-refractivity contribution in [3.05, 3.63) is 42.2 Å². The van der Waals surface area contributed by atoms with E-state index in [4.69, 9.17) is 9.47 Å². The molecule has 1 fully saturated rings. The van der Waals surface area contributed by atoms with E-state index in [-0.39, 0.29) is 5.91 Å². The van der Waals surface area contributed by atoms with E-state index >= 15 is 0 Å². The van der Waals surface area contributed by atoms with Crippen LogP contribution in [-0.2, 0) is 0 Å². The van der Waals surface area contributed by atoms with Crippen molar-refractivity contribution in [2.45, 2.75) is 0 Å². The number of ether oxygens (including phenoxy) is 2. The molecule has 0 N–H and O–H groups in total. The molecule has 8 nitrogen and oxygen atoms in total. The van der Waals surface area contributed by atoms with Gasteiger partial charge in [-0.1, -0.05) is 0 Å². The molecule has 0 unspecified atom stereocenters. The molecular formula is C20H23N5O3. The largest absolute Gasteiger partial charge is 0.493 e. The smallest absolute Gasteiger partial charge is 0.274 e. The number of rotatable bonds is 4. The number of hydrogen-bond acceptors (Lipinski definition) is 6. The monoisotopic (exact) mass is 381 g/mol. The van der Waals surface area contributed by atoms with E-state index in [1.165, 1.54) is 0 Å². The van der Waals surface area contributed by atoms with E-state index in [1.807, 2.05) is 29.2 Å². The SMILES string of the molecule is COc1ccc(-c2ccnc3cc(C(=O)N4CCN(C)CC4)nn23)cc1OC. The van der Waals surface area contributed by atoms with Gasteiger partial charge in [0.15, 0.2) is 22.8 Å². The van der Waals surface area contributed by atoms with Crippen molar-refractivity contribution in [3.63, 3.8) is 0 Å². The van der Waals surface area contributed by atoms with Gasteiger partial charge in [-0.05, 0) is 31.3 Å². The Labute approximate surface area is 163 Å². The summed E-state index contributed by atoms with van der Waals surface area (Å²) in [6.07, 6.45) is 1.72. The van der Waals surface area contributed by atoms with Gasteiger partial charge in [-0.2, -0.15) is 5.10 Å². The molecule has 0 aliphatic carbocycles. The zero-order valence-electron chi connectivity index (χ0n) is 16.3. The number of amides is 1. The number of carbonyl (C=O) groups excluding carboxylic acids is 1. The minimum Gasteiger partial charge on any atom is -0.493 e. The van der Waals surface area contributed by atoms with E-state index < -0.39 is 0 Å². The standard InChI is InChI=1S/C20H23N5O3/c1-23-8-10-24(11-9-23)20(26)15-13-19-21-7-6-16(25(19)22-15)14-4-5-17(27-2)18(12-14)28-3/h4-7,12-13H,8-11H2,1-3H3. The number of hydrogen-bond donors (Lipinski definition) is 0. The van der Waals surface area contributed by atoms with Crippen molar-refractivity contribution < 1.29 is 14.3 Å². The maximum Gasteiger partial charge on any atom is 0.274 e. The maximum atomic E-state index is 12.9. The van der Waals surface area contributed by atoms with E-state index in [0.29, 0.717) is 35.9 Å². The Morgan fingerprint density at radius 3 is 2.46 bits per heavy atom. The van der Waals surface area contributed by atoms with Crippen molar-refractivity contribution in [2.75, 3.05) is 47.4 Å². The van der Waals surface area contributed by atoms with Crippen LogP contribution in [0.1, 0.15) is 10.5 Å². The zero-order valence-corrected chi connectivity index (χ0v) is 16.3. The maximum absolute atomic E-state index is 12.9. The average molecular weight is 381 g/mol. The lowest BCUT2D eigenvalue weighted by molar-refractivity contribution is 0.0658. The molecular weight excluding hydrogens is 358 g/mol. The predicted octanol–water partition coefficient (Wildman–Crippen LogP) is 1.80. The fraction of sp³-hybridized carbons (Fsp3) is 0.350. The number of carbonyl (C=O) groups is 1. The molecule has 0 radical (unpaired) electrons. The molecule has 3 aromatic rings. The Kier molecular flexibility index (Phi) is 4.87. The van der Waals surface area contributed by atoms with Crippen molar-refractivity contribution in [1.82, 2.24) is 24.4 Å². The van der Waals surface area contributed by atoms with Gasteiger partial charge in [-0.25, -0.2) is 9.50 Å². The Morgan fingerprint density at radius 1 is 1.00 bits per heavy atom. The number of methoxy groups -OCH3 is 2. The van der Waals surface area contributed by atoms with Crippen molar-refractivity contribution >= 4 is 11.6 Å². The van der Waals surface area contributed by atoms with Gasteiger partial charge in [0.2, 0.25) is 0 Å². The normalized spacial score (nSPS) is 15.0. The number of fused-ring (bicyclic) bond motifs is 1. The summed E-state index contributed by atoms with van der Waals surface area (Å²) < 4.78 is 12.4. The van der Waals surface area contributed by atoms with E-state index in [0.717, 1.165) is 24.3 Å². The average Bonchev–Trinajstić information content (AvgIpc) is 3.17. The summed E-state index contributed by atoms with van der Waals surface area (Å²) >= 11 is 0. The van der Waals surface area contributed by atoms with Crippen LogP contribution in [0.25, 0.3) is 16.9 Å². The third-order valence-electron chi connectivity index (χ3n) is 5.05. The molecule has 0 atom stereocenters. The second kappa shape index (κ2) is 7.47. The summed E-state index contributed by atoms with van der Waals surface area (Å²) in [4.78, 5) is 21.3. The van der Waals surface area contributed by atoms with Crippen LogP contribution in [0.2, 0.25) is 0 Å². The first-order valence-electron chi connectivity index (χ1n) is 9.15. The summed E-state index contributed by atoms with van der Waals surface area (Å²) in [7, 11) is 5.27. The highest BCUT2D eigenvalue weighted by Gasteiger charge is 2.23. The van der Waals surface area contributed by atoms with Gasteiger partial charge < -0.3 is 19.3 Å². The van der Waals surface area contributed by atoms with Gasteiger partial charge in [0.1, 0.15) is 0 Å². The van der Waals surface area contributed by atoms with Crippen molar-refractivity contribution in [2.24, 2.45) is 0 Å². The van der Waals surface area contributed by atoms with Crippen LogP contribution in [0.15, 0.2) is 36.5 Å². The summed E-state index contributed by atoms with van der Waals surface area (Å²) in [6, 6.07) is 9.27. The first-order valence-corrected chi connectivity index (χ1v) is 9.15. The molecule has 1 aliphatic heterocycles. The Morgan fingerprint density at radius 2 is 1.75 bits per heavy atom. The lowest BCUT2D eigenvalue weighted by atomic mass is 10.1. The van der Waals surface area contributed by atoms with Gasteiger partial charge in [0.25, 0.3) is 5.91 Å². The van der Waals surface area contributed by atoms with E-state index in [1.54, 1.807) is 31.0 Å². The second-order valence-corrected chi connectivity index (χ2v) is 6.79. The summed E-state index contributed by atoms with van der Waals surface area (Å²) in [5.74, 6) is 1.23. The van der Waals surface area contributed by atoms with Crippen LogP contribution in [0.3, 0.4) is 0 Å². The van der Waals surface area contributed by atoms with Crippen LogP contribution >= 0.6 is 0 Å². The molecule has 0 saturated carbocycles. The third-order valence-corrected chi connectivity index (χ3v) is 5.05. The number of likely N-dealkylation sites (N-methyl/N-ethyl adjacent to an activating group) is 1. The first kappa shape index (κ1) is 18.2. The van der Waals surface area contributed by atoms with Gasteiger partial charge in [-0.3, -0.25) is 4.79 Å². The minimum atomic E-state index is -0.0585. The van der Waals surface area contributed by atoms with Gasteiger partial charge >= 0.3 is 0 Å². The van der Waals surface area contributed by atoms with Crippen molar-refractivity contribution in [1.29, 1.82) is 0 Å². The van der Waals surface area contributed by atoms with Crippen LogP contribution in [0.5, 0.6) is 11.5 Å². The van der Waals surface area contributed by atoms with E-state index in [9.17, 15) is 4.79 Å². The van der Waals surface area contributed by atoms with E-state index in [2.05, 4.69) is 22.0 Å². The Hall–Kier alpha value is -3.13. The van der Waals surface area contributed by atoms with Crippen LogP contribution in [0.4, 0.5) is 0 Å². The molecule has 2 aromatic heterocycles. The Bertz CT molecular complexity index is 1010. The topological polar surface area (TPSA) is 72.2 Å². The highest BCUT2D eigenvalue weighted by Crippen LogP contribution is 2.32. The van der Waals surface area contributed by atoms with Crippen LogP contribution < -0.4 is 9.47 Å². The number of piperazine rings is 1. The fourth-order valence-electron chi connectivity index (χ4n) is 3.39. The lowest BCUT2D eigenvalue weighted by Gasteiger charge is -2.31. The van der Waals surface area contributed by atoms with Crippen LogP contribution in [0, 0.1) is 0 Å². The van der Waals surface area contributed by atoms with Gasteiger partial charge in [-0.15, -0.1) is 0 Å². The van der Waals surface area contributed by atoms with Crippen LogP contribution in [-0.4, -0.2) is 77.8 Å². The number of nitrogens with zero attached hydrogens (tertiary/aromatic N) is 5. The number of benzene rings is 1. The molecule has 0 spiro atoms. The molecule has 8 heteroatoms. The molecule has 28 heavy (non-hydrogen) atoms. The Balaban J connectivity index is 1.71. The minimum absolute atomic E-state index is 0.0585. The molecule has 1 aromatic carbocycles. The highest BCUT2D eigenvalue weighted by atomic mass is 16.5. The molecule has 1 amide bonds. The molecule has 4 rings (SSSR count). The summed E-state index contributed by atoms with van der Waals surface area (Å²) in [5.41, 5.74) is 2.75. The van der Waals surface area contributed by atoms with Gasteiger partial charge in [0.05, 0.1) is 19.9 Å². The highest BCUT2D eigenvalue weighted by molar-refractivity contribution is 5.93. The molecule has 0 bridgehead atoms.